The molecule has 0 radical (unpaired) electrons. The maximum atomic E-state index is 10.4. The molecule has 0 fully saturated rings. The number of aromatic hydroxyl groups is 4. The predicted molar refractivity (Wildman–Crippen MR) is 565 cm³/mol. The minimum atomic E-state index is -0.101. The topological polar surface area (TPSA) is 237 Å². The van der Waals surface area contributed by atoms with Crippen LogP contribution in [0.3, 0.4) is 0 Å². The molecule has 144 heavy (non-hydrogen) atoms. The number of nitrogens with zero attached hydrogens (tertiary/aromatic N) is 8. The van der Waals surface area contributed by atoms with Gasteiger partial charge >= 0.3 is 0 Å². The molecule has 8 heterocycles. The van der Waals surface area contributed by atoms with E-state index in [9.17, 15) is 20.4 Å². The van der Waals surface area contributed by atoms with Crippen LogP contribution in [0.1, 0.15) is 184 Å². The Morgan fingerprint density at radius 1 is 0.194 bits per heavy atom. The van der Waals surface area contributed by atoms with E-state index in [1.165, 1.54) is 27.8 Å². The summed E-state index contributed by atoms with van der Waals surface area (Å²) >= 11 is 0. The van der Waals surface area contributed by atoms with E-state index in [1.807, 2.05) is 146 Å². The quantitative estimate of drug-likeness (QED) is 0.0832. The SMILES string of the molecule is CC(C)(C)c1cc(-c2cc(C(C)(C)C)ccn2)[c-]c(-c2cccc3oc(-c4ccccc4O)nc23)c1.CC(C)(C)c1cc(-c2ccccn2)[c-]c(-c2cc(C(C)(C)C)cc3oc(-c4ccccc4O)nc23)c1.CC(C)(C)c1cc(-c2ccccn2)[c-]c(-c2cccc3oc(-c4ccccc4O)nc23)c1.CC(C)(C)c1ccnc(-c2[c-]c(-c3cc(C(C)(C)C)cc4oc(-c5ccccc5O)nc34)ccc2)c1.[Pt].[Pt].[Pt].[Pt]. The van der Waals surface area contributed by atoms with Crippen molar-refractivity contribution < 1.29 is 122 Å². The Kier molecular flexibility index (Phi) is 32.8. The molecular formula is C124H116N8O8Pt4-4. The normalized spacial score (nSPS) is 11.8. The van der Waals surface area contributed by atoms with Gasteiger partial charge in [-0.15, -0.1) is 118 Å². The average Bonchev–Trinajstić information content (AvgIpc) is 1.60. The number of phenolic OH excluding ortho intramolecular Hbond substituents is 4. The number of benzene rings is 12. The molecule has 16 nitrogen and oxygen atoms in total. The fraction of sp³-hybridized carbons (Fsp3) is 0.226. The summed E-state index contributed by atoms with van der Waals surface area (Å²) in [4.78, 5) is 37.7. The first kappa shape index (κ1) is 108. The van der Waals surface area contributed by atoms with Gasteiger partial charge in [0.25, 0.3) is 0 Å². The van der Waals surface area contributed by atoms with Crippen LogP contribution in [0.5, 0.6) is 23.0 Å². The molecule has 0 saturated heterocycles. The second-order valence-electron chi connectivity index (χ2n) is 42.8. The molecule has 0 aliphatic rings. The van der Waals surface area contributed by atoms with Gasteiger partial charge in [-0.25, -0.2) is 19.9 Å². The van der Waals surface area contributed by atoms with Gasteiger partial charge in [-0.3, -0.25) is 19.9 Å². The van der Waals surface area contributed by atoms with Crippen molar-refractivity contribution in [2.45, 2.75) is 183 Å². The average molecular weight is 2630 g/mol. The van der Waals surface area contributed by atoms with Crippen molar-refractivity contribution in [3.05, 3.63) is 361 Å². The Bertz CT molecular complexity index is 7980. The van der Waals surface area contributed by atoms with Crippen LogP contribution < -0.4 is 0 Å². The summed E-state index contributed by atoms with van der Waals surface area (Å²) in [5, 5.41) is 41.4. The largest absolute Gasteiger partial charge is 0.507 e. The Labute approximate surface area is 901 Å². The smallest absolute Gasteiger partial charge is 0.230 e. The van der Waals surface area contributed by atoms with Crippen LogP contribution >= 0.6 is 0 Å². The maximum Gasteiger partial charge on any atom is 0.230 e. The molecular weight excluding hydrogens is 2510 g/mol. The third-order valence-electron chi connectivity index (χ3n) is 24.9. The first-order chi connectivity index (χ1) is 66.4. The molecule has 20 heteroatoms. The number of rotatable bonds is 12. The second kappa shape index (κ2) is 43.5. The predicted octanol–water partition coefficient (Wildman–Crippen LogP) is 32.0. The van der Waals surface area contributed by atoms with E-state index in [4.69, 9.17) is 42.6 Å². The molecule has 12 aromatic carbocycles. The van der Waals surface area contributed by atoms with Crippen molar-refractivity contribution in [2.75, 3.05) is 0 Å². The van der Waals surface area contributed by atoms with Crippen LogP contribution in [-0.2, 0) is 122 Å². The van der Waals surface area contributed by atoms with Crippen LogP contribution in [0.2, 0.25) is 0 Å². The molecule has 0 saturated carbocycles. The standard InChI is InChI=1S/3C32H31N2O2.C28H23N2O2.4Pt/c1-31(2,3)22-14-15-33-26(18-22)21-11-9-10-20(16-21)25-17-23(32(4,5)6)19-28-29(25)34-30(36-28)24-12-7-8-13-27(24)35;1-31(2,3)22-16-20(15-21(17-22)26-12-9-10-14-33-26)25-18-23(32(4,5)6)19-28-29(25)34-30(36-28)24-11-7-8-13-27(24)35;1-31(2,3)22-14-15-33-26(19-22)21-16-20(17-23(18-21)32(4,5)6)24-11-9-13-28-29(24)34-30(36-28)25-10-7-8-12-27(25)35;1-28(2,3)20-16-18(15-19(17-20)23-11-6-7-14-29-23)21-10-8-13-25-26(21)30-27(32-25)22-9-4-5-12-24(22)31;;;;/h7-15,17-19,35H,1-6H3;7-14,16-19,35H,1-6H3;7-15,17-19,35H,1-6H3;4-14,16-17,31H,1-3H3;;;;/q4*-1;;;;. The summed E-state index contributed by atoms with van der Waals surface area (Å²) < 4.78 is 24.5. The van der Waals surface area contributed by atoms with Gasteiger partial charge in [0.05, 0.1) is 44.3 Å². The van der Waals surface area contributed by atoms with Crippen LogP contribution in [0, 0.1) is 24.3 Å². The molecule has 4 N–H and O–H groups in total. The Balaban J connectivity index is 0.000000160. The number of pyridine rings is 4. The van der Waals surface area contributed by atoms with Crippen molar-refractivity contribution in [3.63, 3.8) is 0 Å². The zero-order chi connectivity index (χ0) is 99.3. The number of hydrogen-bond donors (Lipinski definition) is 4. The molecule has 0 spiro atoms. The molecule has 744 valence electrons. The summed E-state index contributed by atoms with van der Waals surface area (Å²) in [6.45, 7) is 46.2. The van der Waals surface area contributed by atoms with Crippen LogP contribution in [-0.4, -0.2) is 60.3 Å². The fourth-order valence-electron chi connectivity index (χ4n) is 16.5. The maximum absolute atomic E-state index is 10.4. The van der Waals surface area contributed by atoms with Gasteiger partial charge in [-0.1, -0.05) is 311 Å². The molecule has 0 aliphatic carbocycles. The minimum Gasteiger partial charge on any atom is -0.507 e. The molecule has 0 amide bonds. The molecule has 0 atom stereocenters. The van der Waals surface area contributed by atoms with Gasteiger partial charge in [-0.05, 0) is 157 Å². The summed E-state index contributed by atoms with van der Waals surface area (Å²) in [5.41, 5.74) is 30.7. The number of fused-ring (bicyclic) bond motifs is 4. The Hall–Kier alpha value is -12.9. The fourth-order valence-corrected chi connectivity index (χ4v) is 16.5. The van der Waals surface area contributed by atoms with Gasteiger partial charge in [0.15, 0.2) is 0 Å². The van der Waals surface area contributed by atoms with Crippen molar-refractivity contribution in [2.24, 2.45) is 0 Å². The molecule has 20 aromatic rings. The van der Waals surface area contributed by atoms with Gasteiger partial charge in [0.1, 0.15) is 45.3 Å². The van der Waals surface area contributed by atoms with Crippen LogP contribution in [0.15, 0.2) is 315 Å². The number of oxazole rings is 4. The molecule has 20 rings (SSSR count). The van der Waals surface area contributed by atoms with E-state index < -0.39 is 0 Å². The van der Waals surface area contributed by atoms with Gasteiger partial charge in [0, 0.05) is 132 Å². The summed E-state index contributed by atoms with van der Waals surface area (Å²) in [7, 11) is 0. The number of hydrogen-bond acceptors (Lipinski definition) is 16. The molecule has 0 bridgehead atoms. The van der Waals surface area contributed by atoms with Gasteiger partial charge in [0.2, 0.25) is 23.6 Å². The summed E-state index contributed by atoms with van der Waals surface area (Å²) in [5.74, 6) is 2.13. The van der Waals surface area contributed by atoms with E-state index in [2.05, 4.69) is 263 Å². The molecule has 0 aliphatic heterocycles. The van der Waals surface area contributed by atoms with E-state index >= 15 is 0 Å². The first-order valence-electron chi connectivity index (χ1n) is 47.3. The van der Waals surface area contributed by atoms with E-state index in [1.54, 1.807) is 73.1 Å². The van der Waals surface area contributed by atoms with E-state index in [0.717, 1.165) is 123 Å². The monoisotopic (exact) mass is 2620 g/mol. The zero-order valence-corrected chi connectivity index (χ0v) is 93.6. The number of para-hydroxylation sites is 6. The third kappa shape index (κ3) is 24.3. The van der Waals surface area contributed by atoms with E-state index in [-0.39, 0.29) is 145 Å². The second-order valence-corrected chi connectivity index (χ2v) is 42.8. The summed E-state index contributed by atoms with van der Waals surface area (Å²) in [6, 6.07) is 102. The zero-order valence-electron chi connectivity index (χ0n) is 84.6. The first-order valence-corrected chi connectivity index (χ1v) is 47.3. The van der Waals surface area contributed by atoms with E-state index in [0.29, 0.717) is 68.1 Å². The van der Waals surface area contributed by atoms with Crippen molar-refractivity contribution >= 4 is 44.4 Å². The third-order valence-corrected chi connectivity index (χ3v) is 24.9. The molecule has 0 unspecified atom stereocenters. The number of phenols is 4. The number of aromatic nitrogens is 8. The van der Waals surface area contributed by atoms with Crippen molar-refractivity contribution in [1.29, 1.82) is 0 Å². The summed E-state index contributed by atoms with van der Waals surface area (Å²) in [6.07, 6.45) is 7.35. The van der Waals surface area contributed by atoms with Crippen LogP contribution in [0.25, 0.3) is 180 Å². The Morgan fingerprint density at radius 3 is 0.771 bits per heavy atom. The van der Waals surface area contributed by atoms with Crippen molar-refractivity contribution in [1.82, 2.24) is 39.9 Å². The Morgan fingerprint density at radius 2 is 0.444 bits per heavy atom. The van der Waals surface area contributed by atoms with Crippen LogP contribution in [0.4, 0.5) is 0 Å². The van der Waals surface area contributed by atoms with Crippen molar-refractivity contribution in [3.8, 4) is 158 Å². The minimum absolute atomic E-state index is 0. The van der Waals surface area contributed by atoms with Gasteiger partial charge < -0.3 is 38.1 Å². The molecule has 8 aromatic heterocycles. The van der Waals surface area contributed by atoms with Gasteiger partial charge in [-0.2, -0.15) is 0 Å².